The van der Waals surface area contributed by atoms with Gasteiger partial charge in [-0.1, -0.05) is 0 Å². The largest absolute Gasteiger partial charge is 0.473 e. The fourth-order valence-electron chi connectivity index (χ4n) is 2.03. The van der Waals surface area contributed by atoms with Gasteiger partial charge in [-0.25, -0.2) is 0 Å². The Morgan fingerprint density at radius 3 is 2.40 bits per heavy atom. The Morgan fingerprint density at radius 2 is 1.84 bits per heavy atom. The number of aryl methyl sites for hydroxylation is 1. The number of aromatic nitrogens is 1. The average molecular weight is 343 g/mol. The third-order valence-electron chi connectivity index (χ3n) is 3.38. The number of hydrogen-bond donors (Lipinski definition) is 1. The number of nitrogens with one attached hydrogen (secondary N) is 1. The number of carbonyl (C=O) groups excluding carboxylic acids is 2. The number of benzene rings is 1. The number of amides is 1. The van der Waals surface area contributed by atoms with Gasteiger partial charge in [0, 0.05) is 18.2 Å². The monoisotopic (exact) mass is 343 g/mol. The molecule has 0 aliphatic heterocycles. The molecule has 1 atom stereocenters. The Morgan fingerprint density at radius 1 is 1.20 bits per heavy atom. The summed E-state index contributed by atoms with van der Waals surface area (Å²) in [7, 11) is 0. The van der Waals surface area contributed by atoms with E-state index in [1.54, 1.807) is 37.3 Å². The Labute approximate surface area is 144 Å². The summed E-state index contributed by atoms with van der Waals surface area (Å²) in [5.41, 5.74) is 1.49. The van der Waals surface area contributed by atoms with Crippen molar-refractivity contribution in [1.29, 1.82) is 0 Å². The van der Waals surface area contributed by atoms with Gasteiger partial charge in [0.2, 0.25) is 5.75 Å². The second-order valence-electron chi connectivity index (χ2n) is 5.41. The highest BCUT2D eigenvalue weighted by atomic mass is 16.6. The predicted octanol–water partition coefficient (Wildman–Crippen LogP) is 2.91. The molecule has 1 N–H and O–H groups in total. The van der Waals surface area contributed by atoms with E-state index in [4.69, 9.17) is 4.74 Å². The van der Waals surface area contributed by atoms with Crippen LogP contribution in [0.5, 0.6) is 5.75 Å². The van der Waals surface area contributed by atoms with Crippen molar-refractivity contribution in [1.82, 2.24) is 4.98 Å². The molecule has 8 nitrogen and oxygen atoms in total. The first kappa shape index (κ1) is 18.1. The summed E-state index contributed by atoms with van der Waals surface area (Å²) in [4.78, 5) is 37.6. The molecule has 1 unspecified atom stereocenters. The second kappa shape index (κ2) is 7.52. The van der Waals surface area contributed by atoms with Crippen molar-refractivity contribution >= 4 is 23.2 Å². The Bertz CT molecular complexity index is 818. The van der Waals surface area contributed by atoms with Crippen molar-refractivity contribution in [2.24, 2.45) is 0 Å². The van der Waals surface area contributed by atoms with Gasteiger partial charge in [-0.05, 0) is 60.2 Å². The van der Waals surface area contributed by atoms with Crippen molar-refractivity contribution in [2.75, 3.05) is 5.32 Å². The van der Waals surface area contributed by atoms with Crippen LogP contribution in [0.4, 0.5) is 11.5 Å². The quantitative estimate of drug-likeness (QED) is 0.490. The molecule has 0 radical (unpaired) electrons. The summed E-state index contributed by atoms with van der Waals surface area (Å²) < 4.78 is 5.39. The Balaban J connectivity index is 2.08. The summed E-state index contributed by atoms with van der Waals surface area (Å²) in [6, 6.07) is 9.35. The van der Waals surface area contributed by atoms with Gasteiger partial charge in [0.05, 0.1) is 0 Å². The number of ether oxygens (including phenoxy) is 1. The van der Waals surface area contributed by atoms with Crippen LogP contribution >= 0.6 is 0 Å². The summed E-state index contributed by atoms with van der Waals surface area (Å²) in [5.74, 6) is -1.07. The van der Waals surface area contributed by atoms with Crippen LogP contribution in [0.15, 0.2) is 36.4 Å². The second-order valence-corrected chi connectivity index (χ2v) is 5.41. The van der Waals surface area contributed by atoms with Gasteiger partial charge in [-0.15, -0.1) is 0 Å². The van der Waals surface area contributed by atoms with E-state index in [2.05, 4.69) is 10.3 Å². The summed E-state index contributed by atoms with van der Waals surface area (Å²) in [6.45, 7) is 4.55. The van der Waals surface area contributed by atoms with Crippen LogP contribution in [-0.2, 0) is 4.79 Å². The van der Waals surface area contributed by atoms with Crippen LogP contribution in [0.2, 0.25) is 0 Å². The molecule has 0 saturated carbocycles. The molecule has 2 rings (SSSR count). The van der Waals surface area contributed by atoms with Crippen molar-refractivity contribution in [3.8, 4) is 5.75 Å². The molecule has 1 aromatic heterocycles. The number of nitrogens with zero attached hydrogens (tertiary/aromatic N) is 2. The molecule has 0 aliphatic rings. The fourth-order valence-corrected chi connectivity index (χ4v) is 2.03. The predicted molar refractivity (Wildman–Crippen MR) is 90.8 cm³/mol. The van der Waals surface area contributed by atoms with E-state index in [1.807, 2.05) is 0 Å². The smallest absolute Gasteiger partial charge is 0.406 e. The van der Waals surface area contributed by atoms with Crippen LogP contribution < -0.4 is 10.1 Å². The molecule has 0 saturated heterocycles. The van der Waals surface area contributed by atoms with Gasteiger partial charge in [-0.2, -0.15) is 0 Å². The van der Waals surface area contributed by atoms with Crippen molar-refractivity contribution in [3.63, 3.8) is 0 Å². The molecular weight excluding hydrogens is 326 g/mol. The number of pyridine rings is 1. The molecule has 0 aliphatic carbocycles. The molecule has 0 spiro atoms. The molecule has 2 aromatic rings. The van der Waals surface area contributed by atoms with E-state index in [1.165, 1.54) is 19.9 Å². The van der Waals surface area contributed by atoms with E-state index in [-0.39, 0.29) is 11.5 Å². The standard InChI is InChI=1S/C17H17N3O5/c1-10-4-9-15(16(18-10)20(23)24)25-12(3)17(22)19-14-7-5-13(6-8-14)11(2)21/h4-9,12H,1-3H3,(H,19,22). The highest BCUT2D eigenvalue weighted by Gasteiger charge is 2.23. The number of carbonyl (C=O) groups is 2. The fraction of sp³-hybridized carbons (Fsp3) is 0.235. The minimum atomic E-state index is -0.976. The maximum atomic E-state index is 12.2. The zero-order valence-electron chi connectivity index (χ0n) is 14.0. The first-order chi connectivity index (χ1) is 11.8. The van der Waals surface area contributed by atoms with Gasteiger partial charge >= 0.3 is 5.82 Å². The van der Waals surface area contributed by atoms with Gasteiger partial charge in [0.1, 0.15) is 5.69 Å². The van der Waals surface area contributed by atoms with E-state index >= 15 is 0 Å². The van der Waals surface area contributed by atoms with Crippen molar-refractivity contribution in [3.05, 3.63) is 57.8 Å². The summed E-state index contributed by atoms with van der Waals surface area (Å²) in [6.07, 6.45) is -0.976. The van der Waals surface area contributed by atoms with Crippen molar-refractivity contribution < 1.29 is 19.2 Å². The average Bonchev–Trinajstić information content (AvgIpc) is 2.56. The lowest BCUT2D eigenvalue weighted by molar-refractivity contribution is -0.390. The molecule has 130 valence electrons. The third-order valence-corrected chi connectivity index (χ3v) is 3.38. The highest BCUT2D eigenvalue weighted by Crippen LogP contribution is 2.25. The summed E-state index contributed by atoms with van der Waals surface area (Å²) >= 11 is 0. The molecule has 0 fully saturated rings. The van der Waals surface area contributed by atoms with E-state index in [0.717, 1.165) is 0 Å². The number of rotatable bonds is 6. The molecule has 1 heterocycles. The summed E-state index contributed by atoms with van der Waals surface area (Å²) in [5, 5.41) is 13.7. The zero-order chi connectivity index (χ0) is 18.6. The SMILES string of the molecule is CC(=O)c1ccc(NC(=O)C(C)Oc2ccc(C)nc2[N+](=O)[O-])cc1. The van der Waals surface area contributed by atoms with E-state index in [9.17, 15) is 19.7 Å². The molecular formula is C17H17N3O5. The maximum Gasteiger partial charge on any atom is 0.406 e. The topological polar surface area (TPSA) is 111 Å². The molecule has 1 amide bonds. The number of anilines is 1. The van der Waals surface area contributed by atoms with Gasteiger partial charge in [-0.3, -0.25) is 9.59 Å². The Kier molecular flexibility index (Phi) is 5.43. The Hall–Kier alpha value is -3.29. The van der Waals surface area contributed by atoms with Crippen LogP contribution in [0.3, 0.4) is 0 Å². The van der Waals surface area contributed by atoms with E-state index < -0.39 is 22.8 Å². The number of Topliss-reactive ketones (excluding diaryl/α,β-unsaturated/α-hetero) is 1. The van der Waals surface area contributed by atoms with Gasteiger partial charge in [0.15, 0.2) is 11.9 Å². The minimum Gasteiger partial charge on any atom is -0.473 e. The van der Waals surface area contributed by atoms with Crippen LogP contribution in [0, 0.1) is 17.0 Å². The molecule has 25 heavy (non-hydrogen) atoms. The molecule has 1 aromatic carbocycles. The van der Waals surface area contributed by atoms with Crippen molar-refractivity contribution in [2.45, 2.75) is 26.9 Å². The normalized spacial score (nSPS) is 11.5. The van der Waals surface area contributed by atoms with Crippen LogP contribution in [0.1, 0.15) is 29.9 Å². The molecule has 8 heteroatoms. The minimum absolute atomic E-state index is 0.0752. The van der Waals surface area contributed by atoms with Crippen LogP contribution in [-0.4, -0.2) is 27.7 Å². The number of nitro groups is 1. The van der Waals surface area contributed by atoms with Gasteiger partial charge < -0.3 is 20.2 Å². The van der Waals surface area contributed by atoms with E-state index in [0.29, 0.717) is 16.9 Å². The van der Waals surface area contributed by atoms with Crippen LogP contribution in [0.25, 0.3) is 0 Å². The number of hydrogen-bond acceptors (Lipinski definition) is 6. The third kappa shape index (κ3) is 4.60. The first-order valence-electron chi connectivity index (χ1n) is 7.48. The zero-order valence-corrected chi connectivity index (χ0v) is 14.0. The first-order valence-corrected chi connectivity index (χ1v) is 7.48. The lowest BCUT2D eigenvalue weighted by atomic mass is 10.1. The number of ketones is 1. The van der Waals surface area contributed by atoms with Gasteiger partial charge in [0.25, 0.3) is 5.91 Å². The lowest BCUT2D eigenvalue weighted by Crippen LogP contribution is -2.30. The highest BCUT2D eigenvalue weighted by molar-refractivity contribution is 5.96. The molecule has 0 bridgehead atoms. The maximum absolute atomic E-state index is 12.2. The lowest BCUT2D eigenvalue weighted by Gasteiger charge is -2.14.